The molecule has 3 rings (SSSR count). The average molecular weight is 425 g/mol. The zero-order valence-corrected chi connectivity index (χ0v) is 16.6. The van der Waals surface area contributed by atoms with Gasteiger partial charge in [0.2, 0.25) is 5.91 Å². The van der Waals surface area contributed by atoms with Gasteiger partial charge in [0, 0.05) is 17.8 Å². The van der Waals surface area contributed by atoms with Gasteiger partial charge in [-0.15, -0.1) is 12.4 Å². The minimum atomic E-state index is -2.85. The van der Waals surface area contributed by atoms with E-state index in [-0.39, 0.29) is 24.5 Å². The third-order valence-electron chi connectivity index (χ3n) is 4.49. The topological polar surface area (TPSA) is 82.3 Å². The Kier molecular flexibility index (Phi) is 7.53. The number of rotatable bonds is 5. The first-order valence-corrected chi connectivity index (χ1v) is 8.97. The highest BCUT2D eigenvalue weighted by Gasteiger charge is 2.42. The Morgan fingerprint density at radius 3 is 2.17 bits per heavy atom. The van der Waals surface area contributed by atoms with Crippen LogP contribution in [0.3, 0.4) is 0 Å². The lowest BCUT2D eigenvalue weighted by Crippen LogP contribution is -2.41. The second-order valence-electron chi connectivity index (χ2n) is 6.79. The van der Waals surface area contributed by atoms with E-state index in [2.05, 4.69) is 21.3 Å². The molecule has 4 N–H and O–H groups in total. The van der Waals surface area contributed by atoms with Gasteiger partial charge in [0.25, 0.3) is 5.92 Å². The van der Waals surface area contributed by atoms with Crippen LogP contribution in [0.2, 0.25) is 0 Å². The van der Waals surface area contributed by atoms with E-state index >= 15 is 0 Å². The molecule has 0 aromatic heterocycles. The third kappa shape index (κ3) is 6.40. The molecule has 2 atom stereocenters. The second-order valence-corrected chi connectivity index (χ2v) is 6.79. The fraction of sp³-hybridized carbons (Fsp3) is 0.300. The van der Waals surface area contributed by atoms with Gasteiger partial charge >= 0.3 is 6.03 Å². The smallest absolute Gasteiger partial charge is 0.323 e. The summed E-state index contributed by atoms with van der Waals surface area (Å²) in [6.45, 7) is 1.29. The van der Waals surface area contributed by atoms with Gasteiger partial charge in [-0.25, -0.2) is 13.6 Å². The Hall–Kier alpha value is -2.71. The number of benzene rings is 2. The number of hydrogen-bond acceptors (Lipinski definition) is 3. The normalized spacial score (nSPS) is 18.2. The Morgan fingerprint density at radius 2 is 1.62 bits per heavy atom. The molecule has 1 aliphatic heterocycles. The summed E-state index contributed by atoms with van der Waals surface area (Å²) in [5, 5.41) is 10.7. The van der Waals surface area contributed by atoms with Crippen molar-refractivity contribution in [2.24, 2.45) is 0 Å². The quantitative estimate of drug-likeness (QED) is 0.587. The van der Waals surface area contributed by atoms with E-state index in [1.165, 1.54) is 0 Å². The van der Waals surface area contributed by atoms with E-state index in [1.54, 1.807) is 43.3 Å². The van der Waals surface area contributed by atoms with E-state index in [1.807, 2.05) is 18.2 Å². The molecule has 0 radical (unpaired) electrons. The zero-order valence-electron chi connectivity index (χ0n) is 15.7. The fourth-order valence-corrected chi connectivity index (χ4v) is 2.97. The van der Waals surface area contributed by atoms with E-state index in [0.29, 0.717) is 11.4 Å². The molecule has 0 bridgehead atoms. The molecule has 3 amide bonds. The minimum Gasteiger partial charge on any atom is -0.348 e. The van der Waals surface area contributed by atoms with Crippen molar-refractivity contribution >= 4 is 35.7 Å². The van der Waals surface area contributed by atoms with Crippen molar-refractivity contribution in [2.45, 2.75) is 31.4 Å². The van der Waals surface area contributed by atoms with E-state index in [0.717, 1.165) is 5.56 Å². The summed E-state index contributed by atoms with van der Waals surface area (Å²) < 4.78 is 26.4. The van der Waals surface area contributed by atoms with Gasteiger partial charge in [-0.2, -0.15) is 0 Å². The molecule has 1 heterocycles. The standard InChI is InChI=1S/C20H22F2N4O2.ClH/c1-13(24-18(27)17-11-20(21,22)12-23-17)14-7-9-16(10-8-14)26-19(28)25-15-5-3-2-4-6-15;/h2-10,13,17,23H,11-12H2,1H3,(H,24,27)(H2,25,26,28);1H. The fourth-order valence-electron chi connectivity index (χ4n) is 2.97. The zero-order chi connectivity index (χ0) is 20.1. The van der Waals surface area contributed by atoms with Crippen molar-refractivity contribution in [3.05, 3.63) is 60.2 Å². The van der Waals surface area contributed by atoms with E-state index in [9.17, 15) is 18.4 Å². The lowest BCUT2D eigenvalue weighted by molar-refractivity contribution is -0.124. The summed E-state index contributed by atoms with van der Waals surface area (Å²) in [4.78, 5) is 24.1. The summed E-state index contributed by atoms with van der Waals surface area (Å²) in [5.41, 5.74) is 2.07. The average Bonchev–Trinajstić information content (AvgIpc) is 3.03. The molecule has 0 saturated carbocycles. The monoisotopic (exact) mass is 424 g/mol. The molecule has 2 aromatic rings. The SMILES string of the molecule is CC(NC(=O)C1CC(F)(F)CN1)c1ccc(NC(=O)Nc2ccccc2)cc1.Cl. The first-order valence-electron chi connectivity index (χ1n) is 8.97. The maximum absolute atomic E-state index is 13.2. The maximum Gasteiger partial charge on any atom is 0.323 e. The number of carbonyl (C=O) groups is 2. The first-order chi connectivity index (χ1) is 13.3. The number of alkyl halides is 2. The lowest BCUT2D eigenvalue weighted by Gasteiger charge is -2.18. The first kappa shape index (κ1) is 22.6. The highest BCUT2D eigenvalue weighted by molar-refractivity contribution is 5.99. The van der Waals surface area contributed by atoms with Gasteiger partial charge in [0.1, 0.15) is 0 Å². The van der Waals surface area contributed by atoms with Crippen LogP contribution in [-0.2, 0) is 4.79 Å². The maximum atomic E-state index is 13.2. The summed E-state index contributed by atoms with van der Waals surface area (Å²) in [7, 11) is 0. The van der Waals surface area contributed by atoms with Crippen LogP contribution in [0.5, 0.6) is 0 Å². The van der Waals surface area contributed by atoms with E-state index in [4.69, 9.17) is 0 Å². The Bertz CT molecular complexity index is 834. The highest BCUT2D eigenvalue weighted by atomic mass is 35.5. The van der Waals surface area contributed by atoms with Gasteiger partial charge in [0.15, 0.2) is 0 Å². The van der Waals surface area contributed by atoms with Crippen LogP contribution in [0.1, 0.15) is 24.9 Å². The van der Waals surface area contributed by atoms with Gasteiger partial charge in [0.05, 0.1) is 18.6 Å². The minimum absolute atomic E-state index is 0. The van der Waals surface area contributed by atoms with E-state index < -0.39 is 30.8 Å². The van der Waals surface area contributed by atoms with Crippen LogP contribution in [-0.4, -0.2) is 30.4 Å². The molecule has 6 nitrogen and oxygen atoms in total. The summed E-state index contributed by atoms with van der Waals surface area (Å²) in [5.74, 6) is -3.30. The molecule has 9 heteroatoms. The third-order valence-corrected chi connectivity index (χ3v) is 4.49. The van der Waals surface area contributed by atoms with Crippen LogP contribution in [0.25, 0.3) is 0 Å². The van der Waals surface area contributed by atoms with Crippen LogP contribution in [0.15, 0.2) is 54.6 Å². The molecule has 156 valence electrons. The van der Waals surface area contributed by atoms with Crippen LogP contribution < -0.4 is 21.3 Å². The molecule has 1 saturated heterocycles. The van der Waals surface area contributed by atoms with Gasteiger partial charge in [-0.05, 0) is 36.8 Å². The number of hydrogen-bond donors (Lipinski definition) is 4. The number of nitrogens with one attached hydrogen (secondary N) is 4. The van der Waals surface area contributed by atoms with Gasteiger partial charge in [-0.1, -0.05) is 30.3 Å². The predicted molar refractivity (Wildman–Crippen MR) is 111 cm³/mol. The van der Waals surface area contributed by atoms with Crippen LogP contribution in [0.4, 0.5) is 25.0 Å². The second kappa shape index (κ2) is 9.67. The Balaban J connectivity index is 0.00000300. The summed E-state index contributed by atoms with van der Waals surface area (Å²) >= 11 is 0. The molecule has 2 aromatic carbocycles. The predicted octanol–water partition coefficient (Wildman–Crippen LogP) is 3.93. The molecule has 1 fully saturated rings. The van der Waals surface area contributed by atoms with Gasteiger partial charge < -0.3 is 16.0 Å². The molecule has 0 spiro atoms. The van der Waals surface area contributed by atoms with Crippen molar-refractivity contribution in [1.29, 1.82) is 0 Å². The van der Waals surface area contributed by atoms with Crippen molar-refractivity contribution in [1.82, 2.24) is 10.6 Å². The Morgan fingerprint density at radius 1 is 1.03 bits per heavy atom. The van der Waals surface area contributed by atoms with Gasteiger partial charge in [-0.3, -0.25) is 10.1 Å². The summed E-state index contributed by atoms with van der Waals surface area (Å²) in [6.07, 6.45) is -0.495. The van der Waals surface area contributed by atoms with Crippen molar-refractivity contribution in [3.63, 3.8) is 0 Å². The van der Waals surface area contributed by atoms with Crippen molar-refractivity contribution in [3.8, 4) is 0 Å². The van der Waals surface area contributed by atoms with Crippen molar-refractivity contribution in [2.75, 3.05) is 17.2 Å². The molecule has 0 aliphatic carbocycles. The molecule has 29 heavy (non-hydrogen) atoms. The number of carbonyl (C=O) groups excluding carboxylic acids is 2. The number of halogens is 3. The number of anilines is 2. The molecule has 1 aliphatic rings. The van der Waals surface area contributed by atoms with Crippen molar-refractivity contribution < 1.29 is 18.4 Å². The highest BCUT2D eigenvalue weighted by Crippen LogP contribution is 2.25. The van der Waals surface area contributed by atoms with Crippen LogP contribution in [0, 0.1) is 0 Å². The number of amides is 3. The Labute approximate surface area is 173 Å². The van der Waals surface area contributed by atoms with Crippen LogP contribution >= 0.6 is 12.4 Å². The molecular weight excluding hydrogens is 402 g/mol. The molecule has 2 unspecified atom stereocenters. The lowest BCUT2D eigenvalue weighted by atomic mass is 10.1. The number of urea groups is 1. The molecular formula is C20H23ClF2N4O2. The largest absolute Gasteiger partial charge is 0.348 e. The number of para-hydroxylation sites is 1. The summed E-state index contributed by atoms with van der Waals surface area (Å²) in [6, 6.07) is 14.4.